The van der Waals surface area contributed by atoms with Gasteiger partial charge in [0.1, 0.15) is 10.3 Å². The Morgan fingerprint density at radius 1 is 1.33 bits per heavy atom. The lowest BCUT2D eigenvalue weighted by Crippen LogP contribution is -2.27. The van der Waals surface area contributed by atoms with E-state index in [1.54, 1.807) is 42.5 Å². The van der Waals surface area contributed by atoms with E-state index in [9.17, 15) is 4.79 Å². The number of pyridine rings is 2. The van der Waals surface area contributed by atoms with E-state index in [1.807, 2.05) is 12.1 Å². The van der Waals surface area contributed by atoms with Crippen LogP contribution in [-0.4, -0.2) is 27.8 Å². The highest BCUT2D eigenvalue weighted by Gasteiger charge is 2.13. The Morgan fingerprint density at radius 2 is 2.17 bits per heavy atom. The maximum atomic E-state index is 12.1. The standard InChI is InChI=1S/C13H12BrN3O/c1-17(9-10-4-3-7-15-8-10)13(18)11-5-2-6-12(14)16-11/h2-8H,9H2,1H3. The number of rotatable bonds is 3. The molecule has 2 aromatic heterocycles. The smallest absolute Gasteiger partial charge is 0.272 e. The average Bonchev–Trinajstić information content (AvgIpc) is 2.39. The third-order valence-corrected chi connectivity index (χ3v) is 2.87. The molecule has 0 spiro atoms. The third-order valence-electron chi connectivity index (χ3n) is 2.42. The number of hydrogen-bond acceptors (Lipinski definition) is 3. The number of hydrogen-bond donors (Lipinski definition) is 0. The van der Waals surface area contributed by atoms with Gasteiger partial charge in [-0.05, 0) is 39.7 Å². The largest absolute Gasteiger partial charge is 0.336 e. The van der Waals surface area contributed by atoms with Gasteiger partial charge in [0.25, 0.3) is 5.91 Å². The van der Waals surface area contributed by atoms with Gasteiger partial charge in [0.15, 0.2) is 0 Å². The first-order valence-corrected chi connectivity index (χ1v) is 6.23. The zero-order valence-electron chi connectivity index (χ0n) is 9.88. The fourth-order valence-corrected chi connectivity index (χ4v) is 1.90. The third kappa shape index (κ3) is 3.13. The Labute approximate surface area is 114 Å². The Kier molecular flexibility index (Phi) is 4.04. The zero-order valence-corrected chi connectivity index (χ0v) is 11.5. The van der Waals surface area contributed by atoms with Crippen molar-refractivity contribution in [1.82, 2.24) is 14.9 Å². The molecule has 2 aromatic rings. The Hall–Kier alpha value is -1.75. The minimum Gasteiger partial charge on any atom is -0.336 e. The second kappa shape index (κ2) is 5.73. The van der Waals surface area contributed by atoms with Crippen molar-refractivity contribution < 1.29 is 4.79 Å². The van der Waals surface area contributed by atoms with Crippen molar-refractivity contribution in [2.75, 3.05) is 7.05 Å². The Bertz CT molecular complexity index is 545. The topological polar surface area (TPSA) is 46.1 Å². The first-order chi connectivity index (χ1) is 8.66. The lowest BCUT2D eigenvalue weighted by Gasteiger charge is -2.16. The number of nitrogens with zero attached hydrogens (tertiary/aromatic N) is 3. The van der Waals surface area contributed by atoms with Crippen LogP contribution >= 0.6 is 15.9 Å². The molecule has 0 atom stereocenters. The summed E-state index contributed by atoms with van der Waals surface area (Å²) in [5.41, 5.74) is 1.42. The summed E-state index contributed by atoms with van der Waals surface area (Å²) in [7, 11) is 1.75. The van der Waals surface area contributed by atoms with Crippen molar-refractivity contribution in [3.63, 3.8) is 0 Å². The summed E-state index contributed by atoms with van der Waals surface area (Å²) < 4.78 is 0.656. The molecule has 0 radical (unpaired) electrons. The first kappa shape index (κ1) is 12.7. The summed E-state index contributed by atoms with van der Waals surface area (Å²) in [5, 5.41) is 0. The van der Waals surface area contributed by atoms with Crippen molar-refractivity contribution in [3.05, 3.63) is 58.6 Å². The summed E-state index contributed by atoms with van der Waals surface area (Å²) in [4.78, 5) is 21.9. The van der Waals surface area contributed by atoms with E-state index >= 15 is 0 Å². The van der Waals surface area contributed by atoms with Crippen LogP contribution in [0.3, 0.4) is 0 Å². The van der Waals surface area contributed by atoms with E-state index < -0.39 is 0 Å². The molecule has 18 heavy (non-hydrogen) atoms. The minimum absolute atomic E-state index is 0.111. The van der Waals surface area contributed by atoms with Crippen molar-refractivity contribution in [3.8, 4) is 0 Å². The first-order valence-electron chi connectivity index (χ1n) is 5.44. The molecule has 2 rings (SSSR count). The molecular formula is C13H12BrN3O. The van der Waals surface area contributed by atoms with Crippen LogP contribution in [-0.2, 0) is 6.54 Å². The molecule has 0 N–H and O–H groups in total. The van der Waals surface area contributed by atoms with Gasteiger partial charge in [0.2, 0.25) is 0 Å². The van der Waals surface area contributed by atoms with Gasteiger partial charge in [-0.1, -0.05) is 12.1 Å². The number of halogens is 1. The number of amides is 1. The number of carbonyl (C=O) groups is 1. The Morgan fingerprint density at radius 3 is 2.83 bits per heavy atom. The fourth-order valence-electron chi connectivity index (χ4n) is 1.56. The highest BCUT2D eigenvalue weighted by atomic mass is 79.9. The molecule has 0 aromatic carbocycles. The van der Waals surface area contributed by atoms with Crippen molar-refractivity contribution >= 4 is 21.8 Å². The molecule has 4 nitrogen and oxygen atoms in total. The lowest BCUT2D eigenvalue weighted by molar-refractivity contribution is 0.0779. The summed E-state index contributed by atoms with van der Waals surface area (Å²) in [6.07, 6.45) is 3.46. The van der Waals surface area contributed by atoms with E-state index in [-0.39, 0.29) is 5.91 Å². The second-order valence-electron chi connectivity index (χ2n) is 3.87. The van der Waals surface area contributed by atoms with Crippen LogP contribution in [0.1, 0.15) is 16.1 Å². The molecule has 5 heteroatoms. The van der Waals surface area contributed by atoms with Gasteiger partial charge in [0, 0.05) is 26.0 Å². The van der Waals surface area contributed by atoms with Crippen LogP contribution in [0.2, 0.25) is 0 Å². The molecule has 0 aliphatic heterocycles. The van der Waals surface area contributed by atoms with Gasteiger partial charge in [-0.2, -0.15) is 0 Å². The zero-order chi connectivity index (χ0) is 13.0. The van der Waals surface area contributed by atoms with Crippen molar-refractivity contribution in [2.24, 2.45) is 0 Å². The molecule has 0 saturated carbocycles. The van der Waals surface area contributed by atoms with Crippen LogP contribution < -0.4 is 0 Å². The maximum Gasteiger partial charge on any atom is 0.272 e. The van der Waals surface area contributed by atoms with Gasteiger partial charge in [-0.15, -0.1) is 0 Å². The molecule has 0 bridgehead atoms. The van der Waals surface area contributed by atoms with Gasteiger partial charge >= 0.3 is 0 Å². The Balaban J connectivity index is 2.10. The predicted molar refractivity (Wildman–Crippen MR) is 72.0 cm³/mol. The average molecular weight is 306 g/mol. The monoisotopic (exact) mass is 305 g/mol. The molecule has 2 heterocycles. The molecule has 92 valence electrons. The molecule has 0 fully saturated rings. The van der Waals surface area contributed by atoms with Gasteiger partial charge in [-0.25, -0.2) is 4.98 Å². The van der Waals surface area contributed by atoms with E-state index in [0.29, 0.717) is 16.8 Å². The van der Waals surface area contributed by atoms with E-state index in [1.165, 1.54) is 0 Å². The lowest BCUT2D eigenvalue weighted by atomic mass is 10.2. The number of carbonyl (C=O) groups excluding carboxylic acids is 1. The predicted octanol–water partition coefficient (Wildman–Crippen LogP) is 2.51. The molecular weight excluding hydrogens is 294 g/mol. The summed E-state index contributed by atoms with van der Waals surface area (Å²) >= 11 is 3.25. The van der Waals surface area contributed by atoms with Gasteiger partial charge < -0.3 is 4.90 Å². The molecule has 0 unspecified atom stereocenters. The highest BCUT2D eigenvalue weighted by Crippen LogP contribution is 2.09. The normalized spacial score (nSPS) is 10.1. The maximum absolute atomic E-state index is 12.1. The van der Waals surface area contributed by atoms with Crippen molar-refractivity contribution in [1.29, 1.82) is 0 Å². The van der Waals surface area contributed by atoms with Crippen molar-refractivity contribution in [2.45, 2.75) is 6.54 Å². The van der Waals surface area contributed by atoms with Crippen LogP contribution in [0.15, 0.2) is 47.3 Å². The molecule has 0 saturated heterocycles. The molecule has 0 aliphatic carbocycles. The van der Waals surface area contributed by atoms with E-state index in [0.717, 1.165) is 5.56 Å². The quantitative estimate of drug-likeness (QED) is 0.819. The van der Waals surface area contributed by atoms with Gasteiger partial charge in [0.05, 0.1) is 0 Å². The van der Waals surface area contributed by atoms with E-state index in [2.05, 4.69) is 25.9 Å². The van der Waals surface area contributed by atoms with E-state index in [4.69, 9.17) is 0 Å². The van der Waals surface area contributed by atoms with Gasteiger partial charge in [-0.3, -0.25) is 9.78 Å². The summed E-state index contributed by atoms with van der Waals surface area (Å²) in [5.74, 6) is -0.111. The molecule has 0 aliphatic rings. The van der Waals surface area contributed by atoms with Crippen LogP contribution in [0, 0.1) is 0 Å². The second-order valence-corrected chi connectivity index (χ2v) is 4.68. The van der Waals surface area contributed by atoms with Crippen LogP contribution in [0.5, 0.6) is 0 Å². The number of aromatic nitrogens is 2. The summed E-state index contributed by atoms with van der Waals surface area (Å²) in [6.45, 7) is 0.515. The highest BCUT2D eigenvalue weighted by molar-refractivity contribution is 9.10. The summed E-state index contributed by atoms with van der Waals surface area (Å²) in [6, 6.07) is 9.07. The molecule has 1 amide bonds. The minimum atomic E-state index is -0.111. The SMILES string of the molecule is CN(Cc1cccnc1)C(=O)c1cccc(Br)n1. The van der Waals surface area contributed by atoms with Crippen LogP contribution in [0.4, 0.5) is 0 Å². The fraction of sp³-hybridized carbons (Fsp3) is 0.154. The van der Waals surface area contributed by atoms with Crippen LogP contribution in [0.25, 0.3) is 0 Å².